The topological polar surface area (TPSA) is 172 Å². The average Bonchev–Trinajstić information content (AvgIpc) is 3.98. The molecule has 0 radical (unpaired) electrons. The Morgan fingerprint density at radius 3 is 2.12 bits per heavy atom. The van der Waals surface area contributed by atoms with Crippen LogP contribution in [0, 0.1) is 11.3 Å². The van der Waals surface area contributed by atoms with E-state index in [0.29, 0.717) is 18.5 Å². The van der Waals surface area contributed by atoms with Crippen molar-refractivity contribution in [1.29, 1.82) is 0 Å². The van der Waals surface area contributed by atoms with E-state index in [1.165, 1.54) is 6.08 Å². The van der Waals surface area contributed by atoms with Crippen LogP contribution in [0.15, 0.2) is 67.3 Å². The Morgan fingerprint density at radius 2 is 1.55 bits per heavy atom. The van der Waals surface area contributed by atoms with E-state index < -0.39 is 68.0 Å². The minimum atomic E-state index is -3.87. The minimum Gasteiger partial charge on any atom is -0.446 e. The number of carbonyl (C=O) groups is 4. The van der Waals surface area contributed by atoms with Crippen LogP contribution >= 0.6 is 0 Å². The quantitative estimate of drug-likeness (QED) is 0.185. The van der Waals surface area contributed by atoms with Gasteiger partial charge in [-0.25, -0.2) is 13.2 Å². The Hall–Kier alpha value is -4.39. The van der Waals surface area contributed by atoms with Crippen LogP contribution in [0.4, 0.5) is 10.5 Å². The molecule has 12 nitrogen and oxygen atoms in total. The molecule has 264 valence electrons. The molecule has 0 bridgehead atoms. The van der Waals surface area contributed by atoms with E-state index in [4.69, 9.17) is 4.74 Å². The first-order valence-electron chi connectivity index (χ1n) is 16.9. The van der Waals surface area contributed by atoms with Gasteiger partial charge in [0, 0.05) is 18.2 Å². The summed E-state index contributed by atoms with van der Waals surface area (Å²) in [5.74, 6) is -2.67. The fraction of sp³-hybridized carbons (Fsp3) is 0.500. The van der Waals surface area contributed by atoms with Gasteiger partial charge in [0.1, 0.15) is 23.7 Å². The molecule has 3 aliphatic carbocycles. The zero-order valence-electron chi connectivity index (χ0n) is 28.3. The summed E-state index contributed by atoms with van der Waals surface area (Å²) >= 11 is 0. The van der Waals surface area contributed by atoms with Gasteiger partial charge in [0.25, 0.3) is 5.91 Å². The zero-order chi connectivity index (χ0) is 35.4. The fourth-order valence-corrected chi connectivity index (χ4v) is 7.47. The Bertz CT molecular complexity index is 1650. The van der Waals surface area contributed by atoms with Crippen LogP contribution in [0.2, 0.25) is 0 Å². The summed E-state index contributed by atoms with van der Waals surface area (Å²) in [5.41, 5.74) is 0.419. The summed E-state index contributed by atoms with van der Waals surface area (Å²) in [5, 5.41) is 10.8. The van der Waals surface area contributed by atoms with Gasteiger partial charge in [-0.2, -0.15) is 0 Å². The van der Waals surface area contributed by atoms with Crippen LogP contribution in [0.5, 0.6) is 0 Å². The summed E-state index contributed by atoms with van der Waals surface area (Å²) in [7, 11) is -3.87. The van der Waals surface area contributed by atoms with Crippen molar-refractivity contribution in [2.45, 2.75) is 94.7 Å². The molecule has 3 saturated carbocycles. The van der Waals surface area contributed by atoms with Gasteiger partial charge in [0.15, 0.2) is 0 Å². The van der Waals surface area contributed by atoms with Crippen LogP contribution in [0.3, 0.4) is 0 Å². The Labute approximate surface area is 288 Å². The molecular formula is C36H47N5O7S. The number of carbonyl (C=O) groups excluding carboxylic acids is 4. The monoisotopic (exact) mass is 693 g/mol. The number of benzene rings is 2. The van der Waals surface area contributed by atoms with E-state index in [2.05, 4.69) is 32.6 Å². The van der Waals surface area contributed by atoms with Crippen molar-refractivity contribution in [2.24, 2.45) is 11.3 Å². The molecule has 0 aromatic heterocycles. The Kier molecular flexibility index (Phi) is 10.7. The standard InChI is InChI=1S/C36H47N5O7S/c1-5-25-21-36(25,33(44)41-49(46,47)28-19-20-28)40-31(42)29(22-37-26-17-15-24(16-18-26)23-11-7-6-8-12-23)38-32(43)30(35(2,3)4)39-34(45)48-27-13-9-10-14-27/h5-8,11-12,15-18,25,27-30,37H,1,9-10,13-14,19-22H2,2-4H3,(H,38,43)(H,39,45)(H,40,42)(H,41,44)/t25-,29+,30-,36-/m1/s1. The van der Waals surface area contributed by atoms with E-state index in [0.717, 1.165) is 36.8 Å². The van der Waals surface area contributed by atoms with Crippen molar-refractivity contribution in [3.8, 4) is 11.1 Å². The predicted octanol–water partition coefficient (Wildman–Crippen LogP) is 4.00. The van der Waals surface area contributed by atoms with Crippen molar-refractivity contribution >= 4 is 39.5 Å². The third kappa shape index (κ3) is 9.00. The first-order valence-corrected chi connectivity index (χ1v) is 18.4. The highest BCUT2D eigenvalue weighted by Gasteiger charge is 2.61. The molecule has 3 fully saturated rings. The molecule has 0 aliphatic heterocycles. The van der Waals surface area contributed by atoms with Gasteiger partial charge in [-0.05, 0) is 73.6 Å². The average molecular weight is 694 g/mol. The van der Waals surface area contributed by atoms with Crippen LogP contribution in [-0.2, 0) is 29.1 Å². The Morgan fingerprint density at radius 1 is 0.918 bits per heavy atom. The molecule has 0 heterocycles. The van der Waals surface area contributed by atoms with Crippen molar-refractivity contribution < 1.29 is 32.3 Å². The molecule has 13 heteroatoms. The fourth-order valence-electron chi connectivity index (χ4n) is 6.10. The number of amides is 4. The van der Waals surface area contributed by atoms with Crippen LogP contribution in [0.25, 0.3) is 11.1 Å². The maximum Gasteiger partial charge on any atom is 0.408 e. The first kappa shape index (κ1) is 35.9. The molecule has 2 aromatic carbocycles. The van der Waals surface area contributed by atoms with Gasteiger partial charge in [-0.15, -0.1) is 6.58 Å². The second kappa shape index (κ2) is 14.6. The molecule has 0 spiro atoms. The number of anilines is 1. The third-order valence-corrected chi connectivity index (χ3v) is 11.2. The lowest BCUT2D eigenvalue weighted by Crippen LogP contribution is -2.62. The number of ether oxygens (including phenoxy) is 1. The van der Waals surface area contributed by atoms with Crippen LogP contribution < -0.4 is 26.0 Å². The van der Waals surface area contributed by atoms with Crippen molar-refractivity contribution in [2.75, 3.05) is 11.9 Å². The van der Waals surface area contributed by atoms with Gasteiger partial charge in [0.2, 0.25) is 21.8 Å². The summed E-state index contributed by atoms with van der Waals surface area (Å²) in [6, 6.07) is 15.1. The van der Waals surface area contributed by atoms with E-state index in [1.807, 2.05) is 54.6 Å². The normalized spacial score (nSPS) is 21.8. The van der Waals surface area contributed by atoms with E-state index in [-0.39, 0.29) is 19.1 Å². The lowest BCUT2D eigenvalue weighted by Gasteiger charge is -2.32. The van der Waals surface area contributed by atoms with E-state index in [1.54, 1.807) is 20.8 Å². The highest BCUT2D eigenvalue weighted by Crippen LogP contribution is 2.45. The SMILES string of the molecule is C=C[C@@H]1C[C@]1(NC(=O)[C@H](CNc1ccc(-c2ccccc2)cc1)NC(=O)[C@@H](NC(=O)OC1CCCC1)C(C)(C)C)C(=O)NS(=O)(=O)C1CC1. The third-order valence-electron chi connectivity index (χ3n) is 9.35. The van der Waals surface area contributed by atoms with Crippen LogP contribution in [-0.4, -0.2) is 67.8 Å². The minimum absolute atomic E-state index is 0.0809. The van der Waals surface area contributed by atoms with Crippen molar-refractivity contribution in [3.05, 3.63) is 67.3 Å². The molecule has 3 aliphatic rings. The number of sulfonamides is 1. The smallest absolute Gasteiger partial charge is 0.408 e. The number of rotatable bonds is 14. The number of alkyl carbamates (subject to hydrolysis) is 1. The summed E-state index contributed by atoms with van der Waals surface area (Å²) in [6.07, 6.45) is 5.15. The Balaban J connectivity index is 1.33. The molecule has 4 amide bonds. The lowest BCUT2D eigenvalue weighted by atomic mass is 9.86. The van der Waals surface area contributed by atoms with E-state index >= 15 is 0 Å². The molecule has 5 rings (SSSR count). The molecular weight excluding hydrogens is 646 g/mol. The second-order valence-electron chi connectivity index (χ2n) is 14.3. The largest absolute Gasteiger partial charge is 0.446 e. The maximum atomic E-state index is 14.0. The number of nitrogens with one attached hydrogen (secondary N) is 5. The van der Waals surface area contributed by atoms with Crippen molar-refractivity contribution in [1.82, 2.24) is 20.7 Å². The summed E-state index contributed by atoms with van der Waals surface area (Å²) < 4.78 is 32.9. The maximum absolute atomic E-state index is 14.0. The molecule has 49 heavy (non-hydrogen) atoms. The molecule has 4 atom stereocenters. The molecule has 5 N–H and O–H groups in total. The predicted molar refractivity (Wildman–Crippen MR) is 187 cm³/mol. The lowest BCUT2D eigenvalue weighted by molar-refractivity contribution is -0.133. The summed E-state index contributed by atoms with van der Waals surface area (Å²) in [4.78, 5) is 53.9. The second-order valence-corrected chi connectivity index (χ2v) is 16.3. The highest BCUT2D eigenvalue weighted by molar-refractivity contribution is 7.91. The first-order chi connectivity index (χ1) is 23.2. The van der Waals surface area contributed by atoms with Gasteiger partial charge in [-0.3, -0.25) is 19.1 Å². The van der Waals surface area contributed by atoms with E-state index in [9.17, 15) is 27.6 Å². The molecule has 0 unspecified atom stereocenters. The van der Waals surface area contributed by atoms with Gasteiger partial charge >= 0.3 is 6.09 Å². The van der Waals surface area contributed by atoms with Gasteiger partial charge in [0.05, 0.1) is 5.25 Å². The van der Waals surface area contributed by atoms with Crippen LogP contribution in [0.1, 0.15) is 65.7 Å². The van der Waals surface area contributed by atoms with Crippen molar-refractivity contribution in [3.63, 3.8) is 0 Å². The number of hydrogen-bond acceptors (Lipinski definition) is 8. The van der Waals surface area contributed by atoms with Gasteiger partial charge in [-0.1, -0.05) is 69.3 Å². The molecule has 2 aromatic rings. The number of hydrogen-bond donors (Lipinski definition) is 5. The molecule has 0 saturated heterocycles. The highest BCUT2D eigenvalue weighted by atomic mass is 32.2. The van der Waals surface area contributed by atoms with Gasteiger partial charge < -0.3 is 26.0 Å². The zero-order valence-corrected chi connectivity index (χ0v) is 29.1. The summed E-state index contributed by atoms with van der Waals surface area (Å²) in [6.45, 7) is 9.02.